The summed E-state index contributed by atoms with van der Waals surface area (Å²) in [6, 6.07) is 29.3. The van der Waals surface area contributed by atoms with Crippen LogP contribution in [0.15, 0.2) is 119 Å². The van der Waals surface area contributed by atoms with Crippen molar-refractivity contribution in [3.63, 3.8) is 0 Å². The van der Waals surface area contributed by atoms with E-state index < -0.39 is 20.9 Å². The first-order valence-electron chi connectivity index (χ1n) is 11.6. The van der Waals surface area contributed by atoms with E-state index in [0.717, 1.165) is 5.56 Å². The van der Waals surface area contributed by atoms with Crippen LogP contribution in [0.3, 0.4) is 0 Å². The van der Waals surface area contributed by atoms with Crippen LogP contribution >= 0.6 is 0 Å². The molecule has 0 spiro atoms. The maximum Gasteiger partial charge on any atom is 0.273 e. The molecule has 1 N–H and O–H groups in total. The van der Waals surface area contributed by atoms with Crippen molar-refractivity contribution in [2.75, 3.05) is 4.31 Å². The number of hydrazone groups is 1. The van der Waals surface area contributed by atoms with Crippen molar-refractivity contribution < 1.29 is 18.1 Å². The minimum atomic E-state index is -4.04. The summed E-state index contributed by atoms with van der Waals surface area (Å²) in [5, 5.41) is 15.2. The number of amides is 1. The lowest BCUT2D eigenvalue weighted by Gasteiger charge is -2.26. The van der Waals surface area contributed by atoms with Gasteiger partial charge in [-0.05, 0) is 36.8 Å². The number of nitrogens with zero attached hydrogens (tertiary/aromatic N) is 3. The van der Waals surface area contributed by atoms with E-state index in [-0.39, 0.29) is 28.4 Å². The lowest BCUT2D eigenvalue weighted by molar-refractivity contribution is -0.384. The second kappa shape index (κ2) is 11.5. The van der Waals surface area contributed by atoms with E-state index in [2.05, 4.69) is 10.5 Å². The summed E-state index contributed by atoms with van der Waals surface area (Å²) in [6.45, 7) is 1.60. The standard InChI is InChI=1S/C28H24N4O5S/c1-21(23-13-10-14-24(19-23)32(34)35)29-30-28(33)26-17-8-9-18-27(26)31(20-22-11-4-2-5-12-22)38(36,37)25-15-6-3-7-16-25/h2-19H,20H2,1H3,(H,30,33)/b29-21+. The van der Waals surface area contributed by atoms with Gasteiger partial charge in [0.2, 0.25) is 0 Å². The molecule has 192 valence electrons. The molecule has 0 aliphatic rings. The number of carbonyl (C=O) groups is 1. The van der Waals surface area contributed by atoms with Crippen LogP contribution in [0, 0.1) is 10.1 Å². The number of rotatable bonds is 9. The quantitative estimate of drug-likeness (QED) is 0.183. The highest BCUT2D eigenvalue weighted by Crippen LogP contribution is 2.29. The number of nitro groups is 1. The third-order valence-electron chi connectivity index (χ3n) is 5.72. The number of anilines is 1. The van der Waals surface area contributed by atoms with E-state index in [1.807, 2.05) is 30.3 Å². The van der Waals surface area contributed by atoms with Crippen molar-refractivity contribution in [3.8, 4) is 0 Å². The Morgan fingerprint density at radius 3 is 2.21 bits per heavy atom. The topological polar surface area (TPSA) is 122 Å². The number of non-ortho nitro benzene ring substituents is 1. The SMILES string of the molecule is C/C(=N\NC(=O)c1ccccc1N(Cc1ccccc1)S(=O)(=O)c1ccccc1)c1cccc([N+](=O)[O-])c1. The number of nitrogens with one attached hydrogen (secondary N) is 1. The Hall–Kier alpha value is -4.83. The van der Waals surface area contributed by atoms with Gasteiger partial charge < -0.3 is 0 Å². The number of hydrogen-bond donors (Lipinski definition) is 1. The third kappa shape index (κ3) is 5.93. The van der Waals surface area contributed by atoms with Gasteiger partial charge in [-0.15, -0.1) is 0 Å². The number of nitro benzene ring substituents is 1. The van der Waals surface area contributed by atoms with Gasteiger partial charge >= 0.3 is 0 Å². The molecule has 1 amide bonds. The maximum absolute atomic E-state index is 13.8. The zero-order chi connectivity index (χ0) is 27.1. The van der Waals surface area contributed by atoms with Crippen LogP contribution in [0.2, 0.25) is 0 Å². The number of para-hydroxylation sites is 1. The molecule has 0 aromatic heterocycles. The first-order valence-corrected chi connectivity index (χ1v) is 13.0. The largest absolute Gasteiger partial charge is 0.273 e. The summed E-state index contributed by atoms with van der Waals surface area (Å²) in [6.07, 6.45) is 0. The fraction of sp³-hybridized carbons (Fsp3) is 0.0714. The predicted molar refractivity (Wildman–Crippen MR) is 145 cm³/mol. The summed E-state index contributed by atoms with van der Waals surface area (Å²) in [5.74, 6) is -0.633. The molecule has 0 heterocycles. The van der Waals surface area contributed by atoms with E-state index in [4.69, 9.17) is 0 Å². The predicted octanol–water partition coefficient (Wildman–Crippen LogP) is 5.14. The Labute approximate surface area is 220 Å². The third-order valence-corrected chi connectivity index (χ3v) is 7.49. The van der Waals surface area contributed by atoms with Gasteiger partial charge in [0.15, 0.2) is 0 Å². The molecule has 0 unspecified atom stereocenters. The molecule has 0 bridgehead atoms. The van der Waals surface area contributed by atoms with Crippen molar-refractivity contribution in [1.29, 1.82) is 0 Å². The van der Waals surface area contributed by atoms with E-state index in [9.17, 15) is 23.3 Å². The monoisotopic (exact) mass is 528 g/mol. The van der Waals surface area contributed by atoms with Crippen LogP contribution in [-0.4, -0.2) is 25.0 Å². The number of hydrogen-bond acceptors (Lipinski definition) is 6. The summed E-state index contributed by atoms with van der Waals surface area (Å²) >= 11 is 0. The molecule has 38 heavy (non-hydrogen) atoms. The average Bonchev–Trinajstić information content (AvgIpc) is 2.95. The fourth-order valence-corrected chi connectivity index (χ4v) is 5.25. The van der Waals surface area contributed by atoms with Gasteiger partial charge in [0.05, 0.1) is 33.3 Å². The first kappa shape index (κ1) is 26.2. The normalized spacial score (nSPS) is 11.6. The van der Waals surface area contributed by atoms with Crippen LogP contribution in [0.25, 0.3) is 0 Å². The Bertz CT molecular complexity index is 1590. The van der Waals surface area contributed by atoms with Gasteiger partial charge in [-0.25, -0.2) is 13.8 Å². The Balaban J connectivity index is 1.70. The highest BCUT2D eigenvalue weighted by Gasteiger charge is 2.28. The molecule has 10 heteroatoms. The lowest BCUT2D eigenvalue weighted by Crippen LogP contribution is -2.33. The fourth-order valence-electron chi connectivity index (χ4n) is 3.76. The van der Waals surface area contributed by atoms with Gasteiger partial charge in [0.1, 0.15) is 0 Å². The van der Waals surface area contributed by atoms with Gasteiger partial charge in [0, 0.05) is 17.7 Å². The molecule has 0 fully saturated rings. The van der Waals surface area contributed by atoms with Gasteiger partial charge in [0.25, 0.3) is 21.6 Å². The highest BCUT2D eigenvalue weighted by atomic mass is 32.2. The van der Waals surface area contributed by atoms with Gasteiger partial charge in [-0.1, -0.05) is 72.8 Å². The molecule has 0 radical (unpaired) electrons. The molecule has 4 aromatic rings. The Kier molecular flexibility index (Phi) is 7.93. The van der Waals surface area contributed by atoms with Crippen molar-refractivity contribution in [3.05, 3.63) is 136 Å². The average molecular weight is 529 g/mol. The molecule has 4 aromatic carbocycles. The van der Waals surface area contributed by atoms with E-state index in [1.165, 1.54) is 40.7 Å². The second-order valence-electron chi connectivity index (χ2n) is 8.27. The lowest BCUT2D eigenvalue weighted by atomic mass is 10.1. The van der Waals surface area contributed by atoms with Gasteiger partial charge in [-0.2, -0.15) is 5.10 Å². The molecule has 0 atom stereocenters. The molecule has 0 aliphatic heterocycles. The van der Waals surface area contributed by atoms with Crippen LogP contribution < -0.4 is 9.73 Å². The van der Waals surface area contributed by atoms with Crippen molar-refractivity contribution in [2.45, 2.75) is 18.4 Å². The summed E-state index contributed by atoms with van der Waals surface area (Å²) in [7, 11) is -4.04. The molecule has 4 rings (SSSR count). The first-order chi connectivity index (χ1) is 18.3. The van der Waals surface area contributed by atoms with Crippen LogP contribution in [0.1, 0.15) is 28.4 Å². The maximum atomic E-state index is 13.8. The van der Waals surface area contributed by atoms with Crippen molar-refractivity contribution in [1.82, 2.24) is 5.43 Å². The number of benzene rings is 4. The van der Waals surface area contributed by atoms with Crippen molar-refractivity contribution >= 4 is 33.0 Å². The van der Waals surface area contributed by atoms with Gasteiger partial charge in [-0.3, -0.25) is 19.2 Å². The Morgan fingerprint density at radius 1 is 0.895 bits per heavy atom. The van der Waals surface area contributed by atoms with Crippen LogP contribution in [0.5, 0.6) is 0 Å². The molecular weight excluding hydrogens is 504 g/mol. The summed E-state index contributed by atoms with van der Waals surface area (Å²) in [4.78, 5) is 23.9. The van der Waals surface area contributed by atoms with E-state index >= 15 is 0 Å². The molecule has 0 saturated carbocycles. The van der Waals surface area contributed by atoms with E-state index in [1.54, 1.807) is 49.4 Å². The van der Waals surface area contributed by atoms with Crippen molar-refractivity contribution in [2.24, 2.45) is 5.10 Å². The van der Waals surface area contributed by atoms with Crippen LogP contribution in [0.4, 0.5) is 11.4 Å². The highest BCUT2D eigenvalue weighted by molar-refractivity contribution is 7.92. The minimum Gasteiger partial charge on any atom is -0.267 e. The van der Waals surface area contributed by atoms with Crippen LogP contribution in [-0.2, 0) is 16.6 Å². The minimum absolute atomic E-state index is 0.00165. The number of carbonyl (C=O) groups excluding carboxylic acids is 1. The molecule has 0 saturated heterocycles. The Morgan fingerprint density at radius 2 is 1.53 bits per heavy atom. The molecule has 9 nitrogen and oxygen atoms in total. The van der Waals surface area contributed by atoms with E-state index in [0.29, 0.717) is 11.3 Å². The summed E-state index contributed by atoms with van der Waals surface area (Å²) in [5.41, 5.74) is 4.18. The zero-order valence-electron chi connectivity index (χ0n) is 20.4. The molecular formula is C28H24N4O5S. The second-order valence-corrected chi connectivity index (χ2v) is 10.1. The molecule has 0 aliphatic carbocycles. The zero-order valence-corrected chi connectivity index (χ0v) is 21.2. The summed E-state index contributed by atoms with van der Waals surface area (Å²) < 4.78 is 28.7. The number of sulfonamides is 1. The smallest absolute Gasteiger partial charge is 0.267 e.